The van der Waals surface area contributed by atoms with E-state index in [0.29, 0.717) is 6.04 Å². The zero-order valence-corrected chi connectivity index (χ0v) is 11.7. The van der Waals surface area contributed by atoms with Crippen LogP contribution in [-0.2, 0) is 6.42 Å². The molecule has 1 aliphatic heterocycles. The number of anilines is 1. The van der Waals surface area contributed by atoms with Crippen LogP contribution in [0.4, 0.5) is 5.69 Å². The summed E-state index contributed by atoms with van der Waals surface area (Å²) in [5.74, 6) is 0. The highest BCUT2D eigenvalue weighted by atomic mass is 35.5. The number of nitrogens with one attached hydrogen (secondary N) is 1. The van der Waals surface area contributed by atoms with E-state index in [1.54, 1.807) is 11.8 Å². The maximum Gasteiger partial charge on any atom is 0.0555 e. The quantitative estimate of drug-likeness (QED) is 0.792. The van der Waals surface area contributed by atoms with Crippen molar-refractivity contribution < 1.29 is 0 Å². The lowest BCUT2D eigenvalue weighted by Gasteiger charge is -2.12. The molecule has 92 valence electrons. The van der Waals surface area contributed by atoms with Crippen molar-refractivity contribution in [1.82, 2.24) is 0 Å². The van der Waals surface area contributed by atoms with E-state index >= 15 is 0 Å². The van der Waals surface area contributed by atoms with Crippen molar-refractivity contribution in [3.63, 3.8) is 0 Å². The Morgan fingerprint density at radius 2 is 1.94 bits per heavy atom. The second-order valence-electron chi connectivity index (χ2n) is 4.48. The van der Waals surface area contributed by atoms with E-state index in [0.717, 1.165) is 11.4 Å². The minimum absolute atomic E-state index is 0.370. The Morgan fingerprint density at radius 3 is 2.67 bits per heavy atom. The fourth-order valence-electron chi connectivity index (χ4n) is 2.37. The van der Waals surface area contributed by atoms with Crippen molar-refractivity contribution in [3.8, 4) is 0 Å². The fourth-order valence-corrected chi connectivity index (χ4v) is 2.97. The highest BCUT2D eigenvalue weighted by molar-refractivity contribution is 7.98. The molecule has 1 heterocycles. The summed E-state index contributed by atoms with van der Waals surface area (Å²) in [6.45, 7) is 0. The molecule has 1 unspecified atom stereocenters. The van der Waals surface area contributed by atoms with Crippen molar-refractivity contribution in [1.29, 1.82) is 0 Å². The highest BCUT2D eigenvalue weighted by Gasteiger charge is 2.21. The molecule has 0 saturated carbocycles. The highest BCUT2D eigenvalue weighted by Crippen LogP contribution is 2.35. The molecule has 1 N–H and O–H groups in total. The van der Waals surface area contributed by atoms with E-state index in [1.807, 2.05) is 6.07 Å². The molecule has 2 aromatic rings. The van der Waals surface area contributed by atoms with Crippen molar-refractivity contribution in [2.45, 2.75) is 17.4 Å². The van der Waals surface area contributed by atoms with E-state index in [-0.39, 0.29) is 0 Å². The van der Waals surface area contributed by atoms with Gasteiger partial charge in [-0.05, 0) is 54.1 Å². The number of hydrogen-bond acceptors (Lipinski definition) is 2. The second-order valence-corrected chi connectivity index (χ2v) is 5.79. The Balaban J connectivity index is 1.84. The number of thioether (sulfide) groups is 1. The van der Waals surface area contributed by atoms with Crippen LogP contribution in [0.5, 0.6) is 0 Å². The first-order chi connectivity index (χ1) is 8.76. The van der Waals surface area contributed by atoms with Gasteiger partial charge in [-0.25, -0.2) is 0 Å². The fraction of sp³-hybridized carbons (Fsp3) is 0.200. The maximum atomic E-state index is 6.03. The molecule has 1 atom stereocenters. The van der Waals surface area contributed by atoms with Crippen LogP contribution < -0.4 is 5.32 Å². The molecule has 3 heteroatoms. The van der Waals surface area contributed by atoms with Gasteiger partial charge in [0, 0.05) is 15.6 Å². The lowest BCUT2D eigenvalue weighted by atomic mass is 10.0. The van der Waals surface area contributed by atoms with Crippen LogP contribution in [0.1, 0.15) is 17.2 Å². The zero-order chi connectivity index (χ0) is 12.5. The van der Waals surface area contributed by atoms with Crippen molar-refractivity contribution in [3.05, 3.63) is 58.6 Å². The molecule has 0 saturated heterocycles. The predicted molar refractivity (Wildman–Crippen MR) is 79.7 cm³/mol. The third-order valence-electron chi connectivity index (χ3n) is 3.34. The zero-order valence-electron chi connectivity index (χ0n) is 10.1. The lowest BCUT2D eigenvalue weighted by molar-refractivity contribution is 0.823. The largest absolute Gasteiger partial charge is 0.378 e. The molecular formula is C15H14ClNS. The molecule has 0 aromatic heterocycles. The molecular weight excluding hydrogens is 262 g/mol. The van der Waals surface area contributed by atoms with Crippen LogP contribution in [0, 0.1) is 0 Å². The number of halogens is 1. The van der Waals surface area contributed by atoms with Crippen LogP contribution in [-0.4, -0.2) is 6.26 Å². The third kappa shape index (κ3) is 2.23. The molecule has 2 aromatic carbocycles. The number of hydrogen-bond donors (Lipinski definition) is 1. The van der Waals surface area contributed by atoms with Gasteiger partial charge >= 0.3 is 0 Å². The molecule has 3 rings (SSSR count). The Bertz CT molecular complexity index is 565. The molecule has 0 spiro atoms. The summed E-state index contributed by atoms with van der Waals surface area (Å²) >= 11 is 7.80. The monoisotopic (exact) mass is 275 g/mol. The summed E-state index contributed by atoms with van der Waals surface area (Å²) in [4.78, 5) is 1.30. The SMILES string of the molecule is CSc1ccc(C2Cc3cc(Cl)ccc3N2)cc1. The van der Waals surface area contributed by atoms with E-state index < -0.39 is 0 Å². The summed E-state index contributed by atoms with van der Waals surface area (Å²) in [6.07, 6.45) is 3.11. The minimum atomic E-state index is 0.370. The minimum Gasteiger partial charge on any atom is -0.378 e. The molecule has 0 bridgehead atoms. The van der Waals surface area contributed by atoms with Crippen LogP contribution in [0.3, 0.4) is 0 Å². The molecule has 1 nitrogen and oxygen atoms in total. The molecule has 18 heavy (non-hydrogen) atoms. The molecule has 1 aliphatic rings. The van der Waals surface area contributed by atoms with Gasteiger partial charge in [0.15, 0.2) is 0 Å². The first-order valence-corrected chi connectivity index (χ1v) is 7.55. The van der Waals surface area contributed by atoms with Gasteiger partial charge in [0.05, 0.1) is 6.04 Å². The van der Waals surface area contributed by atoms with Gasteiger partial charge in [-0.15, -0.1) is 11.8 Å². The van der Waals surface area contributed by atoms with Crippen molar-refractivity contribution in [2.24, 2.45) is 0 Å². The van der Waals surface area contributed by atoms with E-state index in [1.165, 1.54) is 21.7 Å². The topological polar surface area (TPSA) is 12.0 Å². The maximum absolute atomic E-state index is 6.03. The van der Waals surface area contributed by atoms with E-state index in [9.17, 15) is 0 Å². The van der Waals surface area contributed by atoms with Crippen LogP contribution in [0.25, 0.3) is 0 Å². The molecule has 0 amide bonds. The van der Waals surface area contributed by atoms with Gasteiger partial charge in [0.2, 0.25) is 0 Å². The first kappa shape index (κ1) is 11.9. The van der Waals surface area contributed by atoms with Gasteiger partial charge in [-0.2, -0.15) is 0 Å². The summed E-state index contributed by atoms with van der Waals surface area (Å²) in [5, 5.41) is 4.36. The Morgan fingerprint density at radius 1 is 1.17 bits per heavy atom. The van der Waals surface area contributed by atoms with Crippen molar-refractivity contribution in [2.75, 3.05) is 11.6 Å². The summed E-state index contributed by atoms with van der Waals surface area (Å²) in [5.41, 5.74) is 3.85. The van der Waals surface area contributed by atoms with Gasteiger partial charge in [-0.3, -0.25) is 0 Å². The average Bonchev–Trinajstić information content (AvgIpc) is 2.81. The van der Waals surface area contributed by atoms with Crippen LogP contribution >= 0.6 is 23.4 Å². The summed E-state index contributed by atoms with van der Waals surface area (Å²) < 4.78 is 0. The average molecular weight is 276 g/mol. The second kappa shape index (κ2) is 4.87. The standard InChI is InChI=1S/C15H14ClNS/c1-18-13-5-2-10(3-6-13)15-9-11-8-12(16)4-7-14(11)17-15/h2-8,15,17H,9H2,1H3. The summed E-state index contributed by atoms with van der Waals surface area (Å²) in [6, 6.07) is 15.2. The normalized spacial score (nSPS) is 17.3. The number of fused-ring (bicyclic) bond motifs is 1. The van der Waals surface area contributed by atoms with Gasteiger partial charge in [-0.1, -0.05) is 23.7 Å². The van der Waals surface area contributed by atoms with Gasteiger partial charge in [0.25, 0.3) is 0 Å². The number of rotatable bonds is 2. The van der Waals surface area contributed by atoms with Crippen molar-refractivity contribution >= 4 is 29.1 Å². The van der Waals surface area contributed by atoms with E-state index in [2.05, 4.69) is 48.0 Å². The summed E-state index contributed by atoms with van der Waals surface area (Å²) in [7, 11) is 0. The predicted octanol–water partition coefficient (Wildman–Crippen LogP) is 4.77. The van der Waals surface area contributed by atoms with Crippen LogP contribution in [0.15, 0.2) is 47.4 Å². The van der Waals surface area contributed by atoms with E-state index in [4.69, 9.17) is 11.6 Å². The third-order valence-corrected chi connectivity index (χ3v) is 4.32. The van der Waals surface area contributed by atoms with Gasteiger partial charge < -0.3 is 5.32 Å². The first-order valence-electron chi connectivity index (χ1n) is 5.95. The molecule has 0 aliphatic carbocycles. The Labute approximate surface area is 117 Å². The Kier molecular flexibility index (Phi) is 3.23. The number of benzene rings is 2. The molecule has 0 fully saturated rings. The smallest absolute Gasteiger partial charge is 0.0555 e. The van der Waals surface area contributed by atoms with Crippen LogP contribution in [0.2, 0.25) is 5.02 Å². The molecule has 0 radical (unpaired) electrons. The lowest BCUT2D eigenvalue weighted by Crippen LogP contribution is -2.05. The van der Waals surface area contributed by atoms with Gasteiger partial charge in [0.1, 0.15) is 0 Å². The Hall–Kier alpha value is -1.12.